The van der Waals surface area contributed by atoms with E-state index in [0.717, 1.165) is 11.1 Å². The summed E-state index contributed by atoms with van der Waals surface area (Å²) in [6.07, 6.45) is 2.45. The lowest BCUT2D eigenvalue weighted by atomic mass is 9.62. The van der Waals surface area contributed by atoms with E-state index in [1.807, 2.05) is 45.9 Å². The van der Waals surface area contributed by atoms with Crippen molar-refractivity contribution in [2.45, 2.75) is 70.7 Å². The molecule has 2 bridgehead atoms. The highest BCUT2D eigenvalue weighted by Crippen LogP contribution is 2.65. The van der Waals surface area contributed by atoms with Crippen molar-refractivity contribution in [3.8, 4) is 0 Å². The first-order valence-electron chi connectivity index (χ1n) is 12.3. The normalized spacial score (nSPS) is 34.1. The zero-order chi connectivity index (χ0) is 25.9. The molecular weight excluding hydrogens is 448 g/mol. The first-order valence-corrected chi connectivity index (χ1v) is 12.3. The molecule has 1 spiro atoms. The number of fused-ring (bicyclic) bond motifs is 1. The molecule has 4 rings (SSSR count). The number of ether oxygens (including phenoxy) is 1. The number of carboxylic acids is 1. The van der Waals surface area contributed by atoms with Crippen LogP contribution in [0.4, 0.5) is 5.69 Å². The number of hydrogen-bond donors (Lipinski definition) is 2. The van der Waals surface area contributed by atoms with Gasteiger partial charge >= 0.3 is 5.97 Å². The Hall–Kier alpha value is -2.71. The summed E-state index contributed by atoms with van der Waals surface area (Å²) >= 11 is 0. The predicted octanol–water partition coefficient (Wildman–Crippen LogP) is 2.69. The monoisotopic (exact) mass is 484 g/mol. The number of likely N-dealkylation sites (tertiary alicyclic amines) is 1. The quantitative estimate of drug-likeness (QED) is 0.550. The highest BCUT2D eigenvalue weighted by atomic mass is 16.5. The maximum absolute atomic E-state index is 14.5. The van der Waals surface area contributed by atoms with Gasteiger partial charge in [0.2, 0.25) is 5.91 Å². The molecule has 1 aromatic carbocycles. The molecule has 3 fully saturated rings. The molecule has 190 valence electrons. The predicted molar refractivity (Wildman–Crippen MR) is 131 cm³/mol. The van der Waals surface area contributed by atoms with Crippen LogP contribution in [0.1, 0.15) is 44.7 Å². The number of hydrogen-bond acceptors (Lipinski definition) is 5. The van der Waals surface area contributed by atoms with Gasteiger partial charge in [0.25, 0.3) is 5.91 Å². The number of anilines is 1. The average molecular weight is 485 g/mol. The zero-order valence-corrected chi connectivity index (χ0v) is 21.2. The number of aliphatic carboxylic acids is 1. The summed E-state index contributed by atoms with van der Waals surface area (Å²) in [5.41, 5.74) is 0.256. The van der Waals surface area contributed by atoms with E-state index in [1.54, 1.807) is 17.9 Å². The lowest BCUT2D eigenvalue weighted by Crippen LogP contribution is -2.59. The van der Waals surface area contributed by atoms with Gasteiger partial charge in [-0.1, -0.05) is 32.1 Å². The molecule has 0 aromatic heterocycles. The van der Waals surface area contributed by atoms with Gasteiger partial charge in [-0.3, -0.25) is 14.4 Å². The average Bonchev–Trinajstić information content (AvgIpc) is 3.32. The minimum Gasteiger partial charge on any atom is -0.481 e. The Morgan fingerprint density at radius 1 is 1.37 bits per heavy atom. The molecule has 0 radical (unpaired) electrons. The van der Waals surface area contributed by atoms with Crippen molar-refractivity contribution in [3.05, 3.63) is 42.0 Å². The molecule has 3 saturated heterocycles. The second-order valence-electron chi connectivity index (χ2n) is 10.6. The second kappa shape index (κ2) is 8.75. The zero-order valence-electron chi connectivity index (χ0n) is 21.2. The van der Waals surface area contributed by atoms with Crippen LogP contribution in [-0.4, -0.2) is 69.3 Å². The molecule has 3 heterocycles. The number of nitrogens with zero attached hydrogens (tertiary/aromatic N) is 2. The Morgan fingerprint density at radius 2 is 2.06 bits per heavy atom. The van der Waals surface area contributed by atoms with Crippen molar-refractivity contribution in [1.29, 1.82) is 0 Å². The fourth-order valence-electron chi connectivity index (χ4n) is 6.73. The summed E-state index contributed by atoms with van der Waals surface area (Å²) in [5, 5.41) is 20.3. The molecule has 7 atom stereocenters. The molecule has 3 aliphatic heterocycles. The Kier molecular flexibility index (Phi) is 6.34. The van der Waals surface area contributed by atoms with Crippen molar-refractivity contribution in [2.75, 3.05) is 18.1 Å². The van der Waals surface area contributed by atoms with E-state index in [1.165, 1.54) is 4.90 Å². The first kappa shape index (κ1) is 25.4. The highest BCUT2D eigenvalue weighted by Gasteiger charge is 2.80. The molecule has 8 nitrogen and oxygen atoms in total. The molecule has 3 unspecified atom stereocenters. The van der Waals surface area contributed by atoms with Gasteiger partial charge in [0.15, 0.2) is 0 Å². The standard InChI is InChI=1S/C27H36N2O6/c1-7-11-28(19-12-15(3)9-10-16(19)4)24(32)22-27-13-17(5)26(6,35-27)21(25(33)34)20(27)23(31)29(22)18(8-2)14-30/h7,9-10,12,17-18,20-22,30H,1,8,11,13-14H2,2-6H3,(H,33,34)/t17?,18-,20-,21+,22?,26-,27?/m0/s1. The molecular formula is C27H36N2O6. The van der Waals surface area contributed by atoms with Crippen molar-refractivity contribution < 1.29 is 29.3 Å². The maximum Gasteiger partial charge on any atom is 0.310 e. The summed E-state index contributed by atoms with van der Waals surface area (Å²) < 4.78 is 6.55. The fraction of sp³-hybridized carbons (Fsp3) is 0.593. The van der Waals surface area contributed by atoms with Gasteiger partial charge < -0.3 is 24.7 Å². The number of amides is 2. The van der Waals surface area contributed by atoms with E-state index >= 15 is 0 Å². The van der Waals surface area contributed by atoms with Crippen molar-refractivity contribution in [1.82, 2.24) is 4.90 Å². The molecule has 3 aliphatic rings. The van der Waals surface area contributed by atoms with Crippen molar-refractivity contribution in [3.63, 3.8) is 0 Å². The van der Waals surface area contributed by atoms with Gasteiger partial charge in [-0.05, 0) is 56.7 Å². The molecule has 2 amide bonds. The van der Waals surface area contributed by atoms with Gasteiger partial charge in [-0.15, -0.1) is 6.58 Å². The van der Waals surface area contributed by atoms with E-state index in [-0.39, 0.29) is 25.0 Å². The summed E-state index contributed by atoms with van der Waals surface area (Å²) in [6, 6.07) is 4.16. The Morgan fingerprint density at radius 3 is 2.63 bits per heavy atom. The van der Waals surface area contributed by atoms with Crippen LogP contribution in [0.25, 0.3) is 0 Å². The Bertz CT molecular complexity index is 1070. The van der Waals surface area contributed by atoms with Crippen LogP contribution < -0.4 is 4.90 Å². The highest BCUT2D eigenvalue weighted by molar-refractivity contribution is 6.05. The summed E-state index contributed by atoms with van der Waals surface area (Å²) in [5.74, 6) is -4.08. The van der Waals surface area contributed by atoms with Crippen LogP contribution in [0.3, 0.4) is 0 Å². The van der Waals surface area contributed by atoms with Crippen LogP contribution >= 0.6 is 0 Å². The van der Waals surface area contributed by atoms with E-state index < -0.39 is 47.0 Å². The van der Waals surface area contributed by atoms with Gasteiger partial charge in [0.1, 0.15) is 17.6 Å². The third-order valence-corrected chi connectivity index (χ3v) is 8.56. The number of aliphatic hydroxyl groups is 1. The van der Waals surface area contributed by atoms with Crippen LogP contribution in [0.15, 0.2) is 30.9 Å². The summed E-state index contributed by atoms with van der Waals surface area (Å²) in [7, 11) is 0. The second-order valence-corrected chi connectivity index (χ2v) is 10.6. The first-order chi connectivity index (χ1) is 16.5. The maximum atomic E-state index is 14.5. The molecule has 0 aliphatic carbocycles. The third kappa shape index (κ3) is 3.44. The summed E-state index contributed by atoms with van der Waals surface area (Å²) in [6.45, 7) is 13.1. The molecule has 35 heavy (non-hydrogen) atoms. The minimum absolute atomic E-state index is 0.161. The van der Waals surface area contributed by atoms with E-state index in [2.05, 4.69) is 6.58 Å². The number of carbonyl (C=O) groups excluding carboxylic acids is 2. The molecule has 2 N–H and O–H groups in total. The number of rotatable bonds is 8. The summed E-state index contributed by atoms with van der Waals surface area (Å²) in [4.78, 5) is 43.9. The van der Waals surface area contributed by atoms with Crippen LogP contribution in [0.5, 0.6) is 0 Å². The van der Waals surface area contributed by atoms with Gasteiger partial charge in [0, 0.05) is 12.2 Å². The largest absolute Gasteiger partial charge is 0.481 e. The van der Waals surface area contributed by atoms with Crippen molar-refractivity contribution in [2.24, 2.45) is 17.8 Å². The number of aliphatic hydroxyl groups excluding tert-OH is 1. The SMILES string of the molecule is C=CCN(C(=O)C1N([C@@H](CC)CO)C(=O)[C@@H]2[C@H](C(=O)O)[C@@]3(C)OC12CC3C)c1cc(C)ccc1C. The lowest BCUT2D eigenvalue weighted by molar-refractivity contribution is -0.157. The van der Waals surface area contributed by atoms with Gasteiger partial charge in [0.05, 0.1) is 24.2 Å². The van der Waals surface area contributed by atoms with E-state index in [9.17, 15) is 24.6 Å². The van der Waals surface area contributed by atoms with E-state index in [4.69, 9.17) is 4.74 Å². The van der Waals surface area contributed by atoms with Gasteiger partial charge in [-0.2, -0.15) is 0 Å². The number of carbonyl (C=O) groups is 3. The topological polar surface area (TPSA) is 107 Å². The van der Waals surface area contributed by atoms with Crippen LogP contribution in [-0.2, 0) is 19.1 Å². The van der Waals surface area contributed by atoms with Crippen LogP contribution in [0.2, 0.25) is 0 Å². The van der Waals surface area contributed by atoms with E-state index in [0.29, 0.717) is 18.5 Å². The fourth-order valence-corrected chi connectivity index (χ4v) is 6.73. The minimum atomic E-state index is -1.27. The number of aryl methyl sites for hydroxylation is 2. The lowest BCUT2D eigenvalue weighted by Gasteiger charge is -2.39. The van der Waals surface area contributed by atoms with Crippen LogP contribution in [0, 0.1) is 31.6 Å². The smallest absolute Gasteiger partial charge is 0.310 e. The number of carboxylic acid groups (broad SMARTS) is 1. The molecule has 8 heteroatoms. The molecule has 0 saturated carbocycles. The third-order valence-electron chi connectivity index (χ3n) is 8.56. The van der Waals surface area contributed by atoms with Gasteiger partial charge in [-0.25, -0.2) is 0 Å². The Balaban J connectivity index is 1.91. The van der Waals surface area contributed by atoms with Crippen molar-refractivity contribution >= 4 is 23.5 Å². The molecule has 1 aromatic rings. The Labute approximate surface area is 206 Å². The number of benzene rings is 1.